The van der Waals surface area contributed by atoms with E-state index in [9.17, 15) is 0 Å². The summed E-state index contributed by atoms with van der Waals surface area (Å²) in [6.45, 7) is 4.18. The molecule has 2 rings (SSSR count). The van der Waals surface area contributed by atoms with E-state index in [2.05, 4.69) is 36.5 Å². The lowest BCUT2D eigenvalue weighted by Gasteiger charge is -2.19. The van der Waals surface area contributed by atoms with E-state index in [1.165, 1.54) is 36.8 Å². The molecule has 0 aromatic heterocycles. The molecule has 0 radical (unpaired) electrons. The van der Waals surface area contributed by atoms with Gasteiger partial charge in [0, 0.05) is 13.2 Å². The van der Waals surface area contributed by atoms with Crippen LogP contribution in [0.4, 0.5) is 0 Å². The standard InChI is InChI=1S/C16H25NO/c1-13-5-3-6-14(11-13)15(12-17-2)8-9-16-7-4-10-18-16/h3,5-6,11,15-17H,4,7-10,12H2,1-2H3. The zero-order chi connectivity index (χ0) is 12.8. The molecule has 0 bridgehead atoms. The Bertz CT molecular complexity index is 358. The molecule has 0 amide bonds. The lowest BCUT2D eigenvalue weighted by atomic mass is 9.91. The summed E-state index contributed by atoms with van der Waals surface area (Å²) in [5.74, 6) is 0.610. The molecule has 2 nitrogen and oxygen atoms in total. The van der Waals surface area contributed by atoms with Gasteiger partial charge in [0.1, 0.15) is 0 Å². The van der Waals surface area contributed by atoms with Crippen molar-refractivity contribution in [1.29, 1.82) is 0 Å². The van der Waals surface area contributed by atoms with Crippen LogP contribution in [0.25, 0.3) is 0 Å². The summed E-state index contributed by atoms with van der Waals surface area (Å²) in [5.41, 5.74) is 2.81. The number of hydrogen-bond donors (Lipinski definition) is 1. The smallest absolute Gasteiger partial charge is 0.0576 e. The molecule has 1 aliphatic rings. The predicted octanol–water partition coefficient (Wildman–Crippen LogP) is 3.26. The number of ether oxygens (including phenoxy) is 1. The molecule has 1 aromatic carbocycles. The van der Waals surface area contributed by atoms with Crippen LogP contribution in [0.15, 0.2) is 24.3 Å². The summed E-state index contributed by atoms with van der Waals surface area (Å²) < 4.78 is 5.72. The summed E-state index contributed by atoms with van der Waals surface area (Å²) >= 11 is 0. The van der Waals surface area contributed by atoms with Gasteiger partial charge >= 0.3 is 0 Å². The van der Waals surface area contributed by atoms with Gasteiger partial charge in [0.2, 0.25) is 0 Å². The second-order valence-corrected chi connectivity index (χ2v) is 5.38. The predicted molar refractivity (Wildman–Crippen MR) is 76.1 cm³/mol. The van der Waals surface area contributed by atoms with Crippen LogP contribution in [0.1, 0.15) is 42.7 Å². The Labute approximate surface area is 111 Å². The lowest BCUT2D eigenvalue weighted by Crippen LogP contribution is -2.19. The summed E-state index contributed by atoms with van der Waals surface area (Å²) in [5, 5.41) is 3.32. The fraction of sp³-hybridized carbons (Fsp3) is 0.625. The van der Waals surface area contributed by atoms with E-state index in [1.807, 2.05) is 7.05 Å². The van der Waals surface area contributed by atoms with E-state index in [1.54, 1.807) is 0 Å². The van der Waals surface area contributed by atoms with Crippen LogP contribution < -0.4 is 5.32 Å². The highest BCUT2D eigenvalue weighted by atomic mass is 16.5. The van der Waals surface area contributed by atoms with Crippen molar-refractivity contribution in [3.05, 3.63) is 35.4 Å². The van der Waals surface area contributed by atoms with Crippen LogP contribution in [-0.4, -0.2) is 26.3 Å². The Hall–Kier alpha value is -0.860. The third-order valence-corrected chi connectivity index (χ3v) is 3.83. The quantitative estimate of drug-likeness (QED) is 0.833. The molecule has 2 heteroatoms. The Morgan fingerprint density at radius 1 is 1.44 bits per heavy atom. The minimum absolute atomic E-state index is 0.508. The van der Waals surface area contributed by atoms with Gasteiger partial charge in [0.05, 0.1) is 6.10 Å². The Balaban J connectivity index is 1.94. The van der Waals surface area contributed by atoms with E-state index in [4.69, 9.17) is 4.74 Å². The second kappa shape index (κ2) is 6.91. The minimum atomic E-state index is 0.508. The van der Waals surface area contributed by atoms with Crippen LogP contribution in [0.3, 0.4) is 0 Å². The van der Waals surface area contributed by atoms with Gasteiger partial charge in [-0.1, -0.05) is 29.8 Å². The zero-order valence-corrected chi connectivity index (χ0v) is 11.6. The van der Waals surface area contributed by atoms with Crippen molar-refractivity contribution in [3.8, 4) is 0 Å². The van der Waals surface area contributed by atoms with Gasteiger partial charge in [0.15, 0.2) is 0 Å². The van der Waals surface area contributed by atoms with Crippen molar-refractivity contribution in [1.82, 2.24) is 5.32 Å². The maximum Gasteiger partial charge on any atom is 0.0576 e. The van der Waals surface area contributed by atoms with Gasteiger partial charge in [-0.2, -0.15) is 0 Å². The van der Waals surface area contributed by atoms with Crippen LogP contribution >= 0.6 is 0 Å². The number of aryl methyl sites for hydroxylation is 1. The normalized spacial score (nSPS) is 21.1. The molecule has 0 spiro atoms. The van der Waals surface area contributed by atoms with Crippen LogP contribution in [-0.2, 0) is 4.74 Å². The number of rotatable bonds is 6. The molecular formula is C16H25NO. The first-order valence-electron chi connectivity index (χ1n) is 7.12. The Morgan fingerprint density at radius 2 is 2.33 bits per heavy atom. The molecule has 2 atom stereocenters. The lowest BCUT2D eigenvalue weighted by molar-refractivity contribution is 0.101. The molecule has 1 heterocycles. The molecule has 100 valence electrons. The number of likely N-dealkylation sites (N-methyl/N-ethyl adjacent to an activating group) is 1. The topological polar surface area (TPSA) is 21.3 Å². The van der Waals surface area contributed by atoms with E-state index in [0.717, 1.165) is 13.2 Å². The van der Waals surface area contributed by atoms with Gasteiger partial charge in [-0.05, 0) is 51.1 Å². The first-order valence-corrected chi connectivity index (χ1v) is 7.12. The number of benzene rings is 1. The fourth-order valence-electron chi connectivity index (χ4n) is 2.82. The number of nitrogens with one attached hydrogen (secondary N) is 1. The van der Waals surface area contributed by atoms with Gasteiger partial charge in [-0.25, -0.2) is 0 Å². The maximum atomic E-state index is 5.72. The average Bonchev–Trinajstić information content (AvgIpc) is 2.87. The van der Waals surface area contributed by atoms with Crippen molar-refractivity contribution < 1.29 is 4.74 Å². The molecule has 0 saturated carbocycles. The van der Waals surface area contributed by atoms with Crippen molar-refractivity contribution >= 4 is 0 Å². The molecular weight excluding hydrogens is 222 g/mol. The Kier molecular flexibility index (Phi) is 5.21. The highest BCUT2D eigenvalue weighted by molar-refractivity contribution is 5.25. The largest absolute Gasteiger partial charge is 0.378 e. The van der Waals surface area contributed by atoms with E-state index < -0.39 is 0 Å². The molecule has 1 N–H and O–H groups in total. The van der Waals surface area contributed by atoms with E-state index >= 15 is 0 Å². The Morgan fingerprint density at radius 3 is 3.00 bits per heavy atom. The van der Waals surface area contributed by atoms with Crippen LogP contribution in [0, 0.1) is 6.92 Å². The SMILES string of the molecule is CNCC(CCC1CCCO1)c1cccc(C)c1. The molecule has 1 fully saturated rings. The number of hydrogen-bond acceptors (Lipinski definition) is 2. The molecule has 1 saturated heterocycles. The monoisotopic (exact) mass is 247 g/mol. The highest BCUT2D eigenvalue weighted by Crippen LogP contribution is 2.25. The molecule has 2 unspecified atom stereocenters. The maximum absolute atomic E-state index is 5.72. The van der Waals surface area contributed by atoms with E-state index in [-0.39, 0.29) is 0 Å². The van der Waals surface area contributed by atoms with Gasteiger partial charge in [-0.3, -0.25) is 0 Å². The summed E-state index contributed by atoms with van der Waals surface area (Å²) in [7, 11) is 2.04. The molecule has 0 aliphatic carbocycles. The van der Waals surface area contributed by atoms with Crippen molar-refractivity contribution in [3.63, 3.8) is 0 Å². The van der Waals surface area contributed by atoms with E-state index in [0.29, 0.717) is 12.0 Å². The van der Waals surface area contributed by atoms with Gasteiger partial charge in [-0.15, -0.1) is 0 Å². The summed E-state index contributed by atoms with van der Waals surface area (Å²) in [6.07, 6.45) is 5.41. The second-order valence-electron chi connectivity index (χ2n) is 5.38. The summed E-state index contributed by atoms with van der Waals surface area (Å²) in [4.78, 5) is 0. The molecule has 1 aliphatic heterocycles. The molecule has 18 heavy (non-hydrogen) atoms. The highest BCUT2D eigenvalue weighted by Gasteiger charge is 2.18. The van der Waals surface area contributed by atoms with Crippen molar-refractivity contribution in [2.75, 3.05) is 20.2 Å². The molecule has 1 aromatic rings. The summed E-state index contributed by atoms with van der Waals surface area (Å²) in [6, 6.07) is 8.90. The van der Waals surface area contributed by atoms with Crippen molar-refractivity contribution in [2.24, 2.45) is 0 Å². The van der Waals surface area contributed by atoms with Crippen LogP contribution in [0.2, 0.25) is 0 Å². The first-order chi connectivity index (χ1) is 8.79. The third kappa shape index (κ3) is 3.82. The van der Waals surface area contributed by atoms with Gasteiger partial charge < -0.3 is 10.1 Å². The first kappa shape index (κ1) is 13.6. The fourth-order valence-corrected chi connectivity index (χ4v) is 2.82. The van der Waals surface area contributed by atoms with Crippen molar-refractivity contribution in [2.45, 2.75) is 44.6 Å². The third-order valence-electron chi connectivity index (χ3n) is 3.83. The average molecular weight is 247 g/mol. The minimum Gasteiger partial charge on any atom is -0.378 e. The van der Waals surface area contributed by atoms with Crippen LogP contribution in [0.5, 0.6) is 0 Å². The zero-order valence-electron chi connectivity index (χ0n) is 11.6. The van der Waals surface area contributed by atoms with Gasteiger partial charge in [0.25, 0.3) is 0 Å².